The second kappa shape index (κ2) is 3.27. The van der Waals surface area contributed by atoms with E-state index in [0.717, 1.165) is 6.42 Å². The van der Waals surface area contributed by atoms with Crippen molar-refractivity contribution in [3.05, 3.63) is 56.4 Å². The van der Waals surface area contributed by atoms with E-state index in [4.69, 9.17) is 0 Å². The zero-order valence-corrected chi connectivity index (χ0v) is 9.45. The summed E-state index contributed by atoms with van der Waals surface area (Å²) >= 11 is 0.594. The fraction of sp³-hybridized carbons (Fsp3) is 0.0769. The fourth-order valence-corrected chi connectivity index (χ4v) is 3.72. The number of hydrogen-bond donors (Lipinski definition) is 0. The normalized spacial score (nSPS) is 13.1. The minimum atomic E-state index is 0.594. The minimum absolute atomic E-state index is 0.594. The standard InChI is InChI=1S/C13H10Se/c1-2-4-12-9-13-11(7-8-14-13)6-5-10(12)3-1/h1-8H,9H2. The van der Waals surface area contributed by atoms with Crippen LogP contribution in [0.1, 0.15) is 21.1 Å². The number of rotatable bonds is 0. The molecule has 0 nitrogen and oxygen atoms in total. The van der Waals surface area contributed by atoms with Crippen LogP contribution in [0.3, 0.4) is 0 Å². The fourth-order valence-electron chi connectivity index (χ4n) is 1.85. The summed E-state index contributed by atoms with van der Waals surface area (Å²) in [5.41, 5.74) is 4.30. The molecule has 14 heavy (non-hydrogen) atoms. The molecule has 1 aromatic heterocycles. The zero-order chi connectivity index (χ0) is 9.38. The average molecular weight is 245 g/mol. The summed E-state index contributed by atoms with van der Waals surface area (Å²) in [6, 6.07) is 10.9. The van der Waals surface area contributed by atoms with E-state index >= 15 is 0 Å². The molecule has 0 N–H and O–H groups in total. The summed E-state index contributed by atoms with van der Waals surface area (Å²) in [6.07, 6.45) is 5.64. The quantitative estimate of drug-likeness (QED) is 0.534. The molecule has 1 aliphatic carbocycles. The van der Waals surface area contributed by atoms with E-state index in [2.05, 4.69) is 47.4 Å². The molecular weight excluding hydrogens is 235 g/mol. The summed E-state index contributed by atoms with van der Waals surface area (Å²) in [7, 11) is 0. The van der Waals surface area contributed by atoms with Crippen LogP contribution in [-0.2, 0) is 6.42 Å². The molecule has 0 amide bonds. The van der Waals surface area contributed by atoms with Crippen LogP contribution in [0, 0.1) is 0 Å². The Bertz CT molecular complexity index is 491. The van der Waals surface area contributed by atoms with Crippen molar-refractivity contribution in [2.75, 3.05) is 0 Å². The Morgan fingerprint density at radius 1 is 0.929 bits per heavy atom. The molecule has 68 valence electrons. The van der Waals surface area contributed by atoms with Crippen molar-refractivity contribution in [3.8, 4) is 0 Å². The molecule has 1 heterocycles. The first-order chi connectivity index (χ1) is 6.93. The molecule has 0 fully saturated rings. The van der Waals surface area contributed by atoms with Crippen molar-refractivity contribution in [1.82, 2.24) is 0 Å². The van der Waals surface area contributed by atoms with Gasteiger partial charge >= 0.3 is 89.5 Å². The van der Waals surface area contributed by atoms with Crippen molar-refractivity contribution in [3.63, 3.8) is 0 Å². The molecule has 0 unspecified atom stereocenters. The molecule has 0 saturated carbocycles. The molecule has 0 saturated heterocycles. The molecule has 0 radical (unpaired) electrons. The van der Waals surface area contributed by atoms with E-state index in [1.807, 2.05) is 0 Å². The van der Waals surface area contributed by atoms with Crippen LogP contribution < -0.4 is 0 Å². The Morgan fingerprint density at radius 2 is 1.79 bits per heavy atom. The van der Waals surface area contributed by atoms with Gasteiger partial charge in [-0.15, -0.1) is 0 Å². The van der Waals surface area contributed by atoms with E-state index in [9.17, 15) is 0 Å². The van der Waals surface area contributed by atoms with Gasteiger partial charge in [0.25, 0.3) is 0 Å². The van der Waals surface area contributed by atoms with Crippen molar-refractivity contribution < 1.29 is 0 Å². The van der Waals surface area contributed by atoms with Gasteiger partial charge in [0.15, 0.2) is 0 Å². The van der Waals surface area contributed by atoms with E-state index < -0.39 is 0 Å². The van der Waals surface area contributed by atoms with Gasteiger partial charge in [-0.05, 0) is 0 Å². The monoisotopic (exact) mass is 246 g/mol. The van der Waals surface area contributed by atoms with Crippen LogP contribution in [0.4, 0.5) is 0 Å². The zero-order valence-electron chi connectivity index (χ0n) is 7.73. The third-order valence-electron chi connectivity index (χ3n) is 2.63. The Kier molecular flexibility index (Phi) is 1.93. The Hall–Kier alpha value is -1.04. The summed E-state index contributed by atoms with van der Waals surface area (Å²) in [5, 5.41) is 0. The Labute approximate surface area is 89.6 Å². The van der Waals surface area contributed by atoms with Crippen LogP contribution >= 0.6 is 0 Å². The molecule has 0 spiro atoms. The maximum absolute atomic E-state index is 2.32. The van der Waals surface area contributed by atoms with Crippen molar-refractivity contribution in [2.45, 2.75) is 6.42 Å². The van der Waals surface area contributed by atoms with Crippen LogP contribution in [0.5, 0.6) is 0 Å². The van der Waals surface area contributed by atoms with Crippen LogP contribution in [0.25, 0.3) is 12.2 Å². The Balaban J connectivity index is 2.19. The first-order valence-corrected chi connectivity index (χ1v) is 6.60. The molecule has 3 rings (SSSR count). The van der Waals surface area contributed by atoms with Crippen LogP contribution in [0.15, 0.2) is 35.3 Å². The molecule has 0 aliphatic heterocycles. The van der Waals surface area contributed by atoms with Crippen molar-refractivity contribution in [2.24, 2.45) is 0 Å². The molecular formula is C13H10Se. The van der Waals surface area contributed by atoms with Gasteiger partial charge in [-0.25, -0.2) is 0 Å². The van der Waals surface area contributed by atoms with Crippen LogP contribution in [0.2, 0.25) is 0 Å². The number of hydrogen-bond acceptors (Lipinski definition) is 0. The van der Waals surface area contributed by atoms with E-state index in [0.29, 0.717) is 14.5 Å². The number of fused-ring (bicyclic) bond motifs is 2. The first-order valence-electron chi connectivity index (χ1n) is 4.76. The van der Waals surface area contributed by atoms with Gasteiger partial charge in [0.05, 0.1) is 0 Å². The third kappa shape index (κ3) is 1.30. The summed E-state index contributed by atoms with van der Waals surface area (Å²) in [6.45, 7) is 0. The predicted molar refractivity (Wildman–Crippen MR) is 61.6 cm³/mol. The Morgan fingerprint density at radius 3 is 2.79 bits per heavy atom. The summed E-state index contributed by atoms with van der Waals surface area (Å²) in [4.78, 5) is 2.32. The van der Waals surface area contributed by atoms with E-state index in [1.165, 1.54) is 16.7 Å². The topological polar surface area (TPSA) is 0 Å². The van der Waals surface area contributed by atoms with Crippen molar-refractivity contribution in [1.29, 1.82) is 0 Å². The second-order valence-electron chi connectivity index (χ2n) is 3.51. The maximum atomic E-state index is 2.32. The van der Waals surface area contributed by atoms with Gasteiger partial charge < -0.3 is 0 Å². The SMILES string of the molecule is C1=Cc2cc[se]c2Cc2ccccc21. The predicted octanol–water partition coefficient (Wildman–Crippen LogP) is 2.82. The van der Waals surface area contributed by atoms with Gasteiger partial charge in [-0.1, -0.05) is 0 Å². The molecule has 2 aromatic rings. The first kappa shape index (κ1) is 8.28. The van der Waals surface area contributed by atoms with Gasteiger partial charge in [-0.2, -0.15) is 0 Å². The van der Waals surface area contributed by atoms with Crippen molar-refractivity contribution >= 4 is 26.7 Å². The van der Waals surface area contributed by atoms with Gasteiger partial charge in [0, 0.05) is 0 Å². The van der Waals surface area contributed by atoms with Gasteiger partial charge in [-0.3, -0.25) is 0 Å². The average Bonchev–Trinajstić information content (AvgIpc) is 2.58. The van der Waals surface area contributed by atoms with Gasteiger partial charge in [0.2, 0.25) is 0 Å². The summed E-state index contributed by atoms with van der Waals surface area (Å²) in [5.74, 6) is 0. The molecule has 1 aromatic carbocycles. The summed E-state index contributed by atoms with van der Waals surface area (Å²) < 4.78 is 1.62. The molecule has 0 atom stereocenters. The second-order valence-corrected chi connectivity index (χ2v) is 5.61. The van der Waals surface area contributed by atoms with E-state index in [1.54, 1.807) is 4.44 Å². The van der Waals surface area contributed by atoms with Crippen LogP contribution in [-0.4, -0.2) is 14.5 Å². The third-order valence-corrected chi connectivity index (χ3v) is 4.59. The van der Waals surface area contributed by atoms with Gasteiger partial charge in [0.1, 0.15) is 0 Å². The molecule has 1 aliphatic rings. The number of benzene rings is 1. The molecule has 0 bridgehead atoms. The van der Waals surface area contributed by atoms with E-state index in [-0.39, 0.29) is 0 Å². The molecule has 1 heteroatoms.